The predicted octanol–water partition coefficient (Wildman–Crippen LogP) is 2.97. The highest BCUT2D eigenvalue weighted by Gasteiger charge is 2.18. The van der Waals surface area contributed by atoms with Crippen molar-refractivity contribution in [3.63, 3.8) is 0 Å². The Balaban J connectivity index is 1.78. The van der Waals surface area contributed by atoms with Crippen molar-refractivity contribution in [2.24, 2.45) is 0 Å². The van der Waals surface area contributed by atoms with E-state index in [-0.39, 0.29) is 48.5 Å². The molecule has 0 bridgehead atoms. The molecule has 8 nitrogen and oxygen atoms in total. The van der Waals surface area contributed by atoms with E-state index in [9.17, 15) is 23.9 Å². The van der Waals surface area contributed by atoms with Gasteiger partial charge in [-0.15, -0.1) is 0 Å². The normalized spacial score (nSPS) is 11.2. The van der Waals surface area contributed by atoms with Crippen LogP contribution in [0, 0.1) is 5.82 Å². The minimum Gasteiger partial charge on any atom is -0.478 e. The van der Waals surface area contributed by atoms with Crippen molar-refractivity contribution in [3.8, 4) is 0 Å². The zero-order valence-electron chi connectivity index (χ0n) is 18.0. The third-order valence-electron chi connectivity index (χ3n) is 5.47. The Hall–Kier alpha value is -4.01. The lowest BCUT2D eigenvalue weighted by Gasteiger charge is -2.11. The van der Waals surface area contributed by atoms with Gasteiger partial charge in [0.05, 0.1) is 5.56 Å². The summed E-state index contributed by atoms with van der Waals surface area (Å²) in [5.74, 6) is -0.986. The van der Waals surface area contributed by atoms with Gasteiger partial charge in [0.15, 0.2) is 5.65 Å². The maximum Gasteiger partial charge on any atom is 0.335 e. The number of benzene rings is 2. The van der Waals surface area contributed by atoms with Gasteiger partial charge in [-0.1, -0.05) is 37.3 Å². The van der Waals surface area contributed by atoms with Crippen molar-refractivity contribution in [2.45, 2.75) is 39.3 Å². The number of aromatic nitrogens is 4. The van der Waals surface area contributed by atoms with E-state index in [4.69, 9.17) is 0 Å². The first kappa shape index (κ1) is 22.2. The van der Waals surface area contributed by atoms with E-state index in [2.05, 4.69) is 9.97 Å². The highest BCUT2D eigenvalue weighted by Crippen LogP contribution is 2.14. The molecule has 4 rings (SSSR count). The number of aromatic carboxylic acids is 1. The molecule has 0 amide bonds. The maximum absolute atomic E-state index is 13.6. The summed E-state index contributed by atoms with van der Waals surface area (Å²) in [6, 6.07) is 12.7. The largest absolute Gasteiger partial charge is 0.478 e. The van der Waals surface area contributed by atoms with Gasteiger partial charge in [0.1, 0.15) is 17.2 Å². The number of hydrogen-bond donors (Lipinski definition) is 2. The van der Waals surface area contributed by atoms with Crippen LogP contribution in [0.15, 0.2) is 58.1 Å². The SMILES string of the molecule is CCCn1c(=O)c2[nH]c(Cc3cccc(F)c3)nc2n(CCc2ccccc2C(=O)O)c1=O. The van der Waals surface area contributed by atoms with Crippen LogP contribution in [-0.2, 0) is 25.9 Å². The molecule has 0 aliphatic carbocycles. The molecule has 9 heteroatoms. The summed E-state index contributed by atoms with van der Waals surface area (Å²) >= 11 is 0. The van der Waals surface area contributed by atoms with Crippen molar-refractivity contribution in [1.82, 2.24) is 19.1 Å². The molecule has 0 saturated carbocycles. The van der Waals surface area contributed by atoms with Gasteiger partial charge in [-0.05, 0) is 42.2 Å². The lowest BCUT2D eigenvalue weighted by molar-refractivity contribution is 0.0695. The molecular weight excluding hydrogens is 427 g/mol. The van der Waals surface area contributed by atoms with Crippen molar-refractivity contribution in [3.05, 3.63) is 97.7 Å². The second-order valence-corrected chi connectivity index (χ2v) is 7.79. The first-order chi connectivity index (χ1) is 15.9. The Morgan fingerprint density at radius 3 is 2.61 bits per heavy atom. The van der Waals surface area contributed by atoms with E-state index in [1.54, 1.807) is 30.3 Å². The molecule has 0 atom stereocenters. The smallest absolute Gasteiger partial charge is 0.335 e. The average Bonchev–Trinajstić information content (AvgIpc) is 3.20. The van der Waals surface area contributed by atoms with Gasteiger partial charge >= 0.3 is 11.7 Å². The Labute approximate surface area is 188 Å². The zero-order valence-corrected chi connectivity index (χ0v) is 18.0. The topological polar surface area (TPSA) is 110 Å². The molecule has 0 aliphatic heterocycles. The summed E-state index contributed by atoms with van der Waals surface area (Å²) in [5.41, 5.74) is 0.860. The minimum atomic E-state index is -1.05. The molecule has 2 aromatic carbocycles. The van der Waals surface area contributed by atoms with Gasteiger partial charge in [-0.2, -0.15) is 0 Å². The highest BCUT2D eigenvalue weighted by atomic mass is 19.1. The Morgan fingerprint density at radius 2 is 1.88 bits per heavy atom. The minimum absolute atomic E-state index is 0.147. The van der Waals surface area contributed by atoms with Crippen LogP contribution < -0.4 is 11.2 Å². The predicted molar refractivity (Wildman–Crippen MR) is 121 cm³/mol. The number of imidazole rings is 1. The fraction of sp³-hybridized carbons (Fsp3) is 0.250. The molecule has 2 aromatic heterocycles. The first-order valence-corrected chi connectivity index (χ1v) is 10.7. The summed E-state index contributed by atoms with van der Waals surface area (Å²) in [5, 5.41) is 9.44. The molecule has 0 unspecified atom stereocenters. The van der Waals surface area contributed by atoms with E-state index >= 15 is 0 Å². The summed E-state index contributed by atoms with van der Waals surface area (Å²) in [6.07, 6.45) is 1.12. The van der Waals surface area contributed by atoms with Crippen LogP contribution in [-0.4, -0.2) is 30.2 Å². The molecule has 4 aromatic rings. The number of aromatic amines is 1. The second-order valence-electron chi connectivity index (χ2n) is 7.79. The molecule has 0 fully saturated rings. The molecule has 0 aliphatic rings. The average molecular weight is 450 g/mol. The second kappa shape index (κ2) is 9.23. The number of aryl methyl sites for hydroxylation is 2. The number of hydrogen-bond acceptors (Lipinski definition) is 4. The monoisotopic (exact) mass is 450 g/mol. The van der Waals surface area contributed by atoms with Gasteiger partial charge in [0, 0.05) is 19.5 Å². The highest BCUT2D eigenvalue weighted by molar-refractivity contribution is 5.89. The Bertz CT molecular complexity index is 1450. The molecule has 33 heavy (non-hydrogen) atoms. The van der Waals surface area contributed by atoms with Crippen LogP contribution in [0.1, 0.15) is 40.7 Å². The van der Waals surface area contributed by atoms with Crippen LogP contribution >= 0.6 is 0 Å². The van der Waals surface area contributed by atoms with Crippen molar-refractivity contribution < 1.29 is 14.3 Å². The van der Waals surface area contributed by atoms with Crippen molar-refractivity contribution in [1.29, 1.82) is 0 Å². The summed E-state index contributed by atoms with van der Waals surface area (Å²) in [4.78, 5) is 45.2. The van der Waals surface area contributed by atoms with E-state index in [1.165, 1.54) is 22.8 Å². The van der Waals surface area contributed by atoms with E-state index in [1.807, 2.05) is 6.92 Å². The molecule has 0 spiro atoms. The van der Waals surface area contributed by atoms with Gasteiger partial charge in [0.2, 0.25) is 0 Å². The number of fused-ring (bicyclic) bond motifs is 1. The van der Waals surface area contributed by atoms with E-state index in [0.29, 0.717) is 23.4 Å². The third-order valence-corrected chi connectivity index (χ3v) is 5.47. The van der Waals surface area contributed by atoms with Crippen LogP contribution in [0.2, 0.25) is 0 Å². The van der Waals surface area contributed by atoms with Gasteiger partial charge in [-0.3, -0.25) is 13.9 Å². The van der Waals surface area contributed by atoms with Gasteiger partial charge < -0.3 is 10.1 Å². The molecule has 2 heterocycles. The van der Waals surface area contributed by atoms with Gasteiger partial charge in [0.25, 0.3) is 5.56 Å². The summed E-state index contributed by atoms with van der Waals surface area (Å²) in [7, 11) is 0. The first-order valence-electron chi connectivity index (χ1n) is 10.7. The van der Waals surface area contributed by atoms with Crippen LogP contribution in [0.4, 0.5) is 4.39 Å². The lowest BCUT2D eigenvalue weighted by atomic mass is 10.0. The number of carbonyl (C=O) groups is 1. The van der Waals surface area contributed by atoms with Crippen LogP contribution in [0.3, 0.4) is 0 Å². The Morgan fingerprint density at radius 1 is 1.09 bits per heavy atom. The maximum atomic E-state index is 13.6. The lowest BCUT2D eigenvalue weighted by Crippen LogP contribution is -2.40. The fourth-order valence-corrected chi connectivity index (χ4v) is 3.94. The molecule has 0 radical (unpaired) electrons. The number of carboxylic acid groups (broad SMARTS) is 1. The van der Waals surface area contributed by atoms with E-state index < -0.39 is 17.2 Å². The Kier molecular flexibility index (Phi) is 6.21. The number of halogens is 1. The standard InChI is InChI=1S/C24H23FN4O4/c1-2-11-29-22(30)20-21(27-19(26-20)14-15-6-5-8-17(25)13-15)28(24(29)33)12-10-16-7-3-4-9-18(16)23(31)32/h3-9,13H,2,10-12,14H2,1H3,(H,26,27)(H,31,32). The molecule has 2 N–H and O–H groups in total. The summed E-state index contributed by atoms with van der Waals surface area (Å²) < 4.78 is 16.1. The molecule has 0 saturated heterocycles. The number of rotatable bonds is 8. The number of carboxylic acids is 1. The number of nitrogens with zero attached hydrogens (tertiary/aromatic N) is 3. The number of nitrogens with one attached hydrogen (secondary N) is 1. The van der Waals surface area contributed by atoms with E-state index in [0.717, 1.165) is 4.57 Å². The summed E-state index contributed by atoms with van der Waals surface area (Å²) in [6.45, 7) is 2.26. The zero-order chi connectivity index (χ0) is 23.5. The molecule has 170 valence electrons. The quantitative estimate of drug-likeness (QED) is 0.429. The third kappa shape index (κ3) is 4.48. The van der Waals surface area contributed by atoms with Gasteiger partial charge in [-0.25, -0.2) is 19.0 Å². The van der Waals surface area contributed by atoms with Crippen LogP contribution in [0.25, 0.3) is 11.2 Å². The number of H-pyrrole nitrogens is 1. The molecular formula is C24H23FN4O4. The van der Waals surface area contributed by atoms with Crippen LogP contribution in [0.5, 0.6) is 0 Å². The van der Waals surface area contributed by atoms with Crippen molar-refractivity contribution in [2.75, 3.05) is 0 Å². The van der Waals surface area contributed by atoms with Crippen molar-refractivity contribution >= 4 is 17.1 Å². The fourth-order valence-electron chi connectivity index (χ4n) is 3.94.